The van der Waals surface area contributed by atoms with Gasteiger partial charge in [-0.2, -0.15) is 0 Å². The molecule has 0 bridgehead atoms. The highest BCUT2D eigenvalue weighted by atomic mass is 19.1. The molecule has 88 valence electrons. The molecule has 0 fully saturated rings. The lowest BCUT2D eigenvalue weighted by molar-refractivity contribution is 0.436. The Kier molecular flexibility index (Phi) is 2.58. The van der Waals surface area contributed by atoms with E-state index in [9.17, 15) is 4.39 Å². The van der Waals surface area contributed by atoms with Gasteiger partial charge >= 0.3 is 0 Å². The molecule has 1 aliphatic carbocycles. The van der Waals surface area contributed by atoms with Crippen molar-refractivity contribution in [2.24, 2.45) is 16.8 Å². The number of rotatable bonds is 0. The Morgan fingerprint density at radius 1 is 1.35 bits per heavy atom. The average molecular weight is 229 g/mol. The molecule has 0 N–H and O–H groups in total. The van der Waals surface area contributed by atoms with Gasteiger partial charge in [0.05, 0.1) is 0 Å². The predicted molar refractivity (Wildman–Crippen MR) is 67.7 cm³/mol. The molecule has 3 rings (SSSR count). The zero-order chi connectivity index (χ0) is 11.8. The minimum Gasteiger partial charge on any atom is -0.269 e. The smallest absolute Gasteiger partial charge is 0.126 e. The van der Waals surface area contributed by atoms with Crippen LogP contribution in [0.2, 0.25) is 0 Å². The van der Waals surface area contributed by atoms with Crippen LogP contribution in [0, 0.1) is 17.7 Å². The molecule has 2 aliphatic rings. The van der Waals surface area contributed by atoms with Crippen LogP contribution >= 0.6 is 0 Å². The maximum absolute atomic E-state index is 13.9. The fourth-order valence-corrected chi connectivity index (χ4v) is 3.12. The molecule has 0 saturated heterocycles. The molecular formula is C15H16FN. The molecule has 3 atom stereocenters. The molecule has 0 saturated carbocycles. The quantitative estimate of drug-likeness (QED) is 0.643. The van der Waals surface area contributed by atoms with E-state index in [0.717, 1.165) is 18.4 Å². The molecule has 17 heavy (non-hydrogen) atoms. The van der Waals surface area contributed by atoms with Gasteiger partial charge in [0.15, 0.2) is 0 Å². The molecule has 0 aromatic heterocycles. The molecule has 1 heterocycles. The third kappa shape index (κ3) is 1.72. The van der Waals surface area contributed by atoms with Crippen molar-refractivity contribution in [3.63, 3.8) is 0 Å². The summed E-state index contributed by atoms with van der Waals surface area (Å²) in [6, 6.07) is 5.46. The van der Waals surface area contributed by atoms with Crippen LogP contribution in [0.15, 0.2) is 35.5 Å². The largest absolute Gasteiger partial charge is 0.269 e. The lowest BCUT2D eigenvalue weighted by Crippen LogP contribution is -2.21. The van der Waals surface area contributed by atoms with Gasteiger partial charge < -0.3 is 0 Å². The summed E-state index contributed by atoms with van der Waals surface area (Å²) in [6.07, 6.45) is 7.94. The molecule has 0 amide bonds. The summed E-state index contributed by atoms with van der Waals surface area (Å²) in [6.45, 7) is 2.19. The van der Waals surface area contributed by atoms with Crippen LogP contribution in [0.5, 0.6) is 0 Å². The summed E-state index contributed by atoms with van der Waals surface area (Å²) in [5.74, 6) is 1.23. The minimum absolute atomic E-state index is 0.0473. The molecule has 0 spiro atoms. The van der Waals surface area contributed by atoms with Crippen LogP contribution in [0.1, 0.15) is 30.4 Å². The van der Waals surface area contributed by atoms with E-state index in [1.165, 1.54) is 5.56 Å². The van der Waals surface area contributed by atoms with Gasteiger partial charge in [0.25, 0.3) is 0 Å². The molecule has 1 aliphatic heterocycles. The average Bonchev–Trinajstić information content (AvgIpc) is 2.50. The Labute approximate surface area is 101 Å². The van der Waals surface area contributed by atoms with Gasteiger partial charge in [-0.05, 0) is 41.9 Å². The normalized spacial score (nSPS) is 30.6. The summed E-state index contributed by atoms with van der Waals surface area (Å²) < 4.78 is 13.9. The second kappa shape index (κ2) is 4.10. The van der Waals surface area contributed by atoms with E-state index in [1.807, 2.05) is 18.5 Å². The van der Waals surface area contributed by atoms with Gasteiger partial charge in [-0.15, -0.1) is 0 Å². The highest BCUT2D eigenvalue weighted by Gasteiger charge is 2.31. The Balaban J connectivity index is 2.07. The van der Waals surface area contributed by atoms with E-state index in [1.54, 1.807) is 6.07 Å². The Morgan fingerprint density at radius 3 is 3.12 bits per heavy atom. The van der Waals surface area contributed by atoms with Gasteiger partial charge in [-0.3, -0.25) is 4.99 Å². The van der Waals surface area contributed by atoms with E-state index in [4.69, 9.17) is 0 Å². The zero-order valence-corrected chi connectivity index (χ0v) is 9.94. The zero-order valence-electron chi connectivity index (χ0n) is 9.94. The van der Waals surface area contributed by atoms with Crippen LogP contribution in [0.4, 0.5) is 4.39 Å². The van der Waals surface area contributed by atoms with Crippen molar-refractivity contribution in [1.82, 2.24) is 0 Å². The predicted octanol–water partition coefficient (Wildman–Crippen LogP) is 3.71. The summed E-state index contributed by atoms with van der Waals surface area (Å²) in [4.78, 5) is 4.25. The fourth-order valence-electron chi connectivity index (χ4n) is 3.12. The molecule has 1 aromatic carbocycles. The van der Waals surface area contributed by atoms with Crippen LogP contribution in [0.3, 0.4) is 0 Å². The number of fused-ring (bicyclic) bond motifs is 2. The number of aliphatic imine (C=N–C) groups is 1. The summed E-state index contributed by atoms with van der Waals surface area (Å²) in [5.41, 5.74) is 2.08. The van der Waals surface area contributed by atoms with Gasteiger partial charge in [0.2, 0.25) is 0 Å². The Bertz CT molecular complexity index is 490. The molecule has 1 nitrogen and oxygen atoms in total. The number of benzene rings is 1. The first-order valence-corrected chi connectivity index (χ1v) is 6.24. The summed E-state index contributed by atoms with van der Waals surface area (Å²) in [7, 11) is 0. The van der Waals surface area contributed by atoms with Gasteiger partial charge in [-0.25, -0.2) is 4.39 Å². The number of hydrogen-bond donors (Lipinski definition) is 0. The maximum atomic E-state index is 13.9. The van der Waals surface area contributed by atoms with E-state index >= 15 is 0 Å². The fraction of sp³-hybridized carbons (Fsp3) is 0.400. The van der Waals surface area contributed by atoms with Crippen LogP contribution in [0.25, 0.3) is 0 Å². The third-order valence-corrected chi connectivity index (χ3v) is 4.12. The third-order valence-electron chi connectivity index (χ3n) is 4.12. The van der Waals surface area contributed by atoms with Crippen molar-refractivity contribution in [1.29, 1.82) is 0 Å². The van der Waals surface area contributed by atoms with Crippen LogP contribution in [-0.2, 0) is 6.42 Å². The summed E-state index contributed by atoms with van der Waals surface area (Å²) >= 11 is 0. The second-order valence-corrected chi connectivity index (χ2v) is 5.02. The molecular weight excluding hydrogens is 213 g/mol. The monoisotopic (exact) mass is 229 g/mol. The second-order valence-electron chi connectivity index (χ2n) is 5.02. The first-order chi connectivity index (χ1) is 8.27. The van der Waals surface area contributed by atoms with Crippen LogP contribution in [-0.4, -0.2) is 6.21 Å². The Hall–Kier alpha value is -1.44. The number of hydrogen-bond acceptors (Lipinski definition) is 1. The molecule has 1 aromatic rings. The van der Waals surface area contributed by atoms with Crippen molar-refractivity contribution in [3.05, 3.63) is 47.4 Å². The first-order valence-electron chi connectivity index (χ1n) is 6.24. The SMILES string of the molecule is CC1c2cccc(F)c2CCC2C=CN=CC21. The molecule has 2 heteroatoms. The van der Waals surface area contributed by atoms with Gasteiger partial charge in [-0.1, -0.05) is 25.1 Å². The van der Waals surface area contributed by atoms with E-state index < -0.39 is 0 Å². The van der Waals surface area contributed by atoms with Gasteiger partial charge in [0, 0.05) is 18.3 Å². The summed E-state index contributed by atoms with van der Waals surface area (Å²) in [5, 5.41) is 0. The van der Waals surface area contributed by atoms with E-state index in [2.05, 4.69) is 24.1 Å². The number of halogens is 1. The minimum atomic E-state index is -0.0473. The van der Waals surface area contributed by atoms with Crippen molar-refractivity contribution in [2.75, 3.05) is 0 Å². The van der Waals surface area contributed by atoms with Crippen molar-refractivity contribution in [3.8, 4) is 0 Å². The maximum Gasteiger partial charge on any atom is 0.126 e. The highest BCUT2D eigenvalue weighted by Crippen LogP contribution is 2.39. The first kappa shape index (κ1) is 10.7. The lowest BCUT2D eigenvalue weighted by atomic mass is 9.79. The van der Waals surface area contributed by atoms with E-state index in [-0.39, 0.29) is 5.82 Å². The highest BCUT2D eigenvalue weighted by molar-refractivity contribution is 5.66. The van der Waals surface area contributed by atoms with Crippen molar-refractivity contribution < 1.29 is 4.39 Å². The van der Waals surface area contributed by atoms with Crippen molar-refractivity contribution >= 4 is 6.21 Å². The topological polar surface area (TPSA) is 12.4 Å². The van der Waals surface area contributed by atoms with E-state index in [0.29, 0.717) is 17.8 Å². The lowest BCUT2D eigenvalue weighted by Gasteiger charge is -2.26. The van der Waals surface area contributed by atoms with Crippen molar-refractivity contribution in [2.45, 2.75) is 25.7 Å². The molecule has 0 radical (unpaired) electrons. The molecule has 3 unspecified atom stereocenters. The number of allylic oxidation sites excluding steroid dienone is 1. The number of nitrogens with zero attached hydrogens (tertiary/aromatic N) is 1. The van der Waals surface area contributed by atoms with Crippen LogP contribution < -0.4 is 0 Å². The standard InChI is InChI=1S/C15H16FN/c1-10-12-3-2-4-15(16)13(12)6-5-11-7-8-17-9-14(10)11/h2-4,7-11,14H,5-6H2,1H3. The Morgan fingerprint density at radius 2 is 2.24 bits per heavy atom. The van der Waals surface area contributed by atoms with Gasteiger partial charge in [0.1, 0.15) is 5.82 Å².